The summed E-state index contributed by atoms with van der Waals surface area (Å²) in [5.74, 6) is 1.57. The lowest BCUT2D eigenvalue weighted by Crippen LogP contribution is -2.36. The van der Waals surface area contributed by atoms with Crippen LogP contribution in [0.4, 0.5) is 11.6 Å². The van der Waals surface area contributed by atoms with E-state index in [0.29, 0.717) is 32.0 Å². The van der Waals surface area contributed by atoms with E-state index >= 15 is 0 Å². The number of ether oxygens (including phenoxy) is 2. The Kier molecular flexibility index (Phi) is 9.80. The molecule has 0 bridgehead atoms. The van der Waals surface area contributed by atoms with Gasteiger partial charge in [0, 0.05) is 75.1 Å². The number of aldehydes is 1. The van der Waals surface area contributed by atoms with Crippen molar-refractivity contribution in [2.24, 2.45) is 0 Å². The minimum atomic E-state index is -0.0785. The van der Waals surface area contributed by atoms with Crippen LogP contribution in [0.2, 0.25) is 10.6 Å². The molecule has 0 saturated carbocycles. The molecule has 0 N–H and O–H groups in total. The van der Waals surface area contributed by atoms with E-state index < -0.39 is 0 Å². The lowest BCUT2D eigenvalue weighted by Gasteiger charge is -2.28. The van der Waals surface area contributed by atoms with E-state index in [1.807, 2.05) is 6.07 Å². The number of carbonyl (C=O) groups excluding carboxylic acids is 2. The number of pyridine rings is 2. The number of fused-ring (bicyclic) bond motifs is 6. The number of anilines is 2. The highest BCUT2D eigenvalue weighted by Gasteiger charge is 2.22. The molecule has 2 aliphatic rings. The standard InChI is InChI=1S/C18H18ClN5O2S.C14H11ClN4O2S/c1-23(2)13(25)4-3-11-9-12-14-15(27-17(12)20-10-11)16(22-18(19)21-14)24-5-7-26-8-6-24;15-14-17-10-9-5-8(7-20)6-16-13(9)22-11(10)12(18-14)19-1-3-21-4-2-19/h3-4,9-10H,5-8H2,1-2H3;5-7H,1-4H2/b4-3+;. The topological polar surface area (TPSA) is 140 Å². The van der Waals surface area contributed by atoms with Crippen LogP contribution in [0.15, 0.2) is 30.6 Å². The van der Waals surface area contributed by atoms with Gasteiger partial charge in [-0.3, -0.25) is 9.59 Å². The molecule has 1 amide bonds. The van der Waals surface area contributed by atoms with Gasteiger partial charge in [-0.15, -0.1) is 22.7 Å². The number of carbonyl (C=O) groups is 2. The molecule has 49 heavy (non-hydrogen) atoms. The van der Waals surface area contributed by atoms with Crippen LogP contribution in [0.3, 0.4) is 0 Å². The van der Waals surface area contributed by atoms with Gasteiger partial charge in [-0.2, -0.15) is 9.97 Å². The molecule has 0 aliphatic carbocycles. The van der Waals surface area contributed by atoms with Gasteiger partial charge in [-0.25, -0.2) is 19.9 Å². The second-order valence-corrected chi connectivity index (χ2v) is 14.0. The van der Waals surface area contributed by atoms with Gasteiger partial charge in [0.25, 0.3) is 0 Å². The molecule has 0 atom stereocenters. The van der Waals surface area contributed by atoms with Gasteiger partial charge < -0.3 is 24.2 Å². The number of hydrogen-bond donors (Lipinski definition) is 0. The summed E-state index contributed by atoms with van der Waals surface area (Å²) in [6.45, 7) is 5.74. The molecule has 252 valence electrons. The summed E-state index contributed by atoms with van der Waals surface area (Å²) in [6.07, 6.45) is 7.37. The third-order valence-electron chi connectivity index (χ3n) is 7.91. The first kappa shape index (κ1) is 33.4. The Labute approximate surface area is 298 Å². The third-order valence-corrected chi connectivity index (χ3v) is 10.4. The summed E-state index contributed by atoms with van der Waals surface area (Å²) in [7, 11) is 3.43. The molecular formula is C32H29Cl2N9O4S2. The average molecular weight is 739 g/mol. The van der Waals surface area contributed by atoms with E-state index in [1.54, 1.807) is 50.0 Å². The maximum absolute atomic E-state index is 11.8. The van der Waals surface area contributed by atoms with Crippen LogP contribution in [-0.2, 0) is 14.3 Å². The highest BCUT2D eigenvalue weighted by atomic mass is 35.5. The molecule has 8 heterocycles. The van der Waals surface area contributed by atoms with E-state index in [9.17, 15) is 9.59 Å². The van der Waals surface area contributed by atoms with Crippen molar-refractivity contribution < 1.29 is 19.1 Å². The number of amides is 1. The number of thiophene rings is 2. The normalized spacial score (nSPS) is 15.3. The quantitative estimate of drug-likeness (QED) is 0.128. The Morgan fingerprint density at radius 1 is 0.776 bits per heavy atom. The lowest BCUT2D eigenvalue weighted by molar-refractivity contribution is -0.123. The summed E-state index contributed by atoms with van der Waals surface area (Å²) < 4.78 is 12.7. The molecule has 0 spiro atoms. The summed E-state index contributed by atoms with van der Waals surface area (Å²) in [5.41, 5.74) is 2.89. The van der Waals surface area contributed by atoms with E-state index in [0.717, 1.165) is 90.5 Å². The van der Waals surface area contributed by atoms with Gasteiger partial charge in [-0.1, -0.05) is 0 Å². The second kappa shape index (κ2) is 14.4. The van der Waals surface area contributed by atoms with Crippen molar-refractivity contribution in [3.8, 4) is 0 Å². The monoisotopic (exact) mass is 737 g/mol. The fourth-order valence-electron chi connectivity index (χ4n) is 5.46. The number of likely N-dealkylation sites (N-methyl/N-ethyl adjacent to an activating group) is 1. The van der Waals surface area contributed by atoms with Crippen LogP contribution in [-0.4, -0.2) is 114 Å². The molecule has 0 unspecified atom stereocenters. The summed E-state index contributed by atoms with van der Waals surface area (Å²) in [4.78, 5) is 56.8. The number of hydrogen-bond acceptors (Lipinski definition) is 14. The van der Waals surface area contributed by atoms with Gasteiger partial charge in [0.15, 0.2) is 17.9 Å². The fraction of sp³-hybridized carbons (Fsp3) is 0.312. The molecule has 2 saturated heterocycles. The van der Waals surface area contributed by atoms with Gasteiger partial charge >= 0.3 is 0 Å². The highest BCUT2D eigenvalue weighted by molar-refractivity contribution is 7.26. The van der Waals surface area contributed by atoms with Crippen LogP contribution >= 0.6 is 45.9 Å². The summed E-state index contributed by atoms with van der Waals surface area (Å²) in [5, 5.41) is 2.16. The summed E-state index contributed by atoms with van der Waals surface area (Å²) in [6, 6.07) is 3.77. The highest BCUT2D eigenvalue weighted by Crippen LogP contribution is 2.39. The SMILES string of the molecule is CN(C)C(=O)/C=C/c1cnc2sc3c(N4CCOCC4)nc(Cl)nc3c2c1.O=Cc1cnc2sc3c(N4CCOCC4)nc(Cl)nc3c2c1. The van der Waals surface area contributed by atoms with Crippen molar-refractivity contribution in [2.75, 3.05) is 76.5 Å². The van der Waals surface area contributed by atoms with Gasteiger partial charge in [0.2, 0.25) is 16.5 Å². The molecule has 6 aromatic heterocycles. The molecule has 13 nitrogen and oxygen atoms in total. The Morgan fingerprint density at radius 2 is 1.24 bits per heavy atom. The first-order valence-corrected chi connectivity index (χ1v) is 17.7. The molecule has 8 rings (SSSR count). The van der Waals surface area contributed by atoms with Crippen LogP contribution in [0.1, 0.15) is 15.9 Å². The van der Waals surface area contributed by atoms with Crippen molar-refractivity contribution in [2.45, 2.75) is 0 Å². The number of morpholine rings is 2. The van der Waals surface area contributed by atoms with Crippen LogP contribution < -0.4 is 9.80 Å². The van der Waals surface area contributed by atoms with Crippen molar-refractivity contribution in [1.82, 2.24) is 34.8 Å². The molecular weight excluding hydrogens is 709 g/mol. The maximum atomic E-state index is 11.8. The lowest BCUT2D eigenvalue weighted by atomic mass is 10.2. The molecule has 0 radical (unpaired) electrons. The number of aromatic nitrogens is 6. The smallest absolute Gasteiger partial charge is 0.246 e. The minimum Gasteiger partial charge on any atom is -0.378 e. The largest absolute Gasteiger partial charge is 0.378 e. The van der Waals surface area contributed by atoms with Gasteiger partial charge in [0.1, 0.15) is 9.66 Å². The van der Waals surface area contributed by atoms with Crippen molar-refractivity contribution >= 4 is 117 Å². The molecule has 6 aromatic rings. The first-order valence-electron chi connectivity index (χ1n) is 15.3. The van der Waals surface area contributed by atoms with E-state index in [1.165, 1.54) is 22.3 Å². The zero-order chi connectivity index (χ0) is 34.1. The predicted molar refractivity (Wildman–Crippen MR) is 195 cm³/mol. The molecule has 17 heteroatoms. The van der Waals surface area contributed by atoms with Crippen LogP contribution in [0.5, 0.6) is 0 Å². The first-order chi connectivity index (χ1) is 23.8. The molecule has 2 fully saturated rings. The Hall–Kier alpha value is -4.12. The van der Waals surface area contributed by atoms with Gasteiger partial charge in [-0.05, 0) is 47.0 Å². The van der Waals surface area contributed by atoms with E-state index in [4.69, 9.17) is 32.7 Å². The number of halogens is 2. The fourth-order valence-corrected chi connectivity index (χ4v) is 7.95. The van der Waals surface area contributed by atoms with Crippen molar-refractivity contribution in [3.05, 3.63) is 52.3 Å². The van der Waals surface area contributed by atoms with Crippen LogP contribution in [0, 0.1) is 0 Å². The maximum Gasteiger partial charge on any atom is 0.246 e. The molecule has 2 aliphatic heterocycles. The van der Waals surface area contributed by atoms with Crippen molar-refractivity contribution in [3.63, 3.8) is 0 Å². The Morgan fingerprint density at radius 3 is 1.71 bits per heavy atom. The number of rotatable bonds is 5. The summed E-state index contributed by atoms with van der Waals surface area (Å²) >= 11 is 15.4. The van der Waals surface area contributed by atoms with Gasteiger partial charge in [0.05, 0.1) is 46.9 Å². The van der Waals surface area contributed by atoms with Crippen LogP contribution in [0.25, 0.3) is 46.9 Å². The molecule has 0 aromatic carbocycles. The number of nitrogens with zero attached hydrogens (tertiary/aromatic N) is 9. The Bertz CT molecular complexity index is 2230. The van der Waals surface area contributed by atoms with E-state index in [-0.39, 0.29) is 16.5 Å². The van der Waals surface area contributed by atoms with E-state index in [2.05, 4.69) is 39.7 Å². The average Bonchev–Trinajstić information content (AvgIpc) is 3.68. The van der Waals surface area contributed by atoms with Crippen molar-refractivity contribution in [1.29, 1.82) is 0 Å². The Balaban J connectivity index is 0.000000157. The minimum absolute atomic E-state index is 0.0785. The predicted octanol–water partition coefficient (Wildman–Crippen LogP) is 5.37. The zero-order valence-corrected chi connectivity index (χ0v) is 29.6. The third kappa shape index (κ3) is 7.00. The second-order valence-electron chi connectivity index (χ2n) is 11.3. The zero-order valence-electron chi connectivity index (χ0n) is 26.4.